The Bertz CT molecular complexity index is 822. The lowest BCUT2D eigenvalue weighted by Gasteiger charge is -2.10. The highest BCUT2D eigenvalue weighted by molar-refractivity contribution is 5.76. The Morgan fingerprint density at radius 1 is 1.33 bits per heavy atom. The van der Waals surface area contributed by atoms with Crippen LogP contribution < -0.4 is 5.56 Å². The summed E-state index contributed by atoms with van der Waals surface area (Å²) in [7, 11) is 0. The molecule has 0 bridgehead atoms. The first kappa shape index (κ1) is 13.5. The molecule has 2 heterocycles. The summed E-state index contributed by atoms with van der Waals surface area (Å²) < 4.78 is 6.77. The highest BCUT2D eigenvalue weighted by Gasteiger charge is 2.18. The smallest absolute Gasteiger partial charge is 0.261 e. The number of benzene rings is 1. The van der Waals surface area contributed by atoms with E-state index in [2.05, 4.69) is 22.0 Å². The normalized spacial score (nSPS) is 12.7. The third-order valence-electron chi connectivity index (χ3n) is 3.42. The van der Waals surface area contributed by atoms with E-state index >= 15 is 0 Å². The van der Waals surface area contributed by atoms with Crippen molar-refractivity contribution in [1.29, 1.82) is 0 Å². The summed E-state index contributed by atoms with van der Waals surface area (Å²) in [5, 5.41) is 4.51. The fourth-order valence-corrected chi connectivity index (χ4v) is 2.24. The van der Waals surface area contributed by atoms with Gasteiger partial charge in [0.15, 0.2) is 5.82 Å². The van der Waals surface area contributed by atoms with Gasteiger partial charge in [0.2, 0.25) is 5.89 Å². The van der Waals surface area contributed by atoms with Crippen molar-refractivity contribution in [2.24, 2.45) is 0 Å². The van der Waals surface area contributed by atoms with E-state index in [0.29, 0.717) is 22.6 Å². The molecule has 0 aliphatic carbocycles. The molecule has 3 rings (SSSR count). The largest absolute Gasteiger partial charge is 0.337 e. The Kier molecular flexibility index (Phi) is 3.51. The third kappa shape index (κ3) is 2.44. The number of hydrogen-bond donors (Lipinski definition) is 0. The molecule has 6 nitrogen and oxygen atoms in total. The molecule has 0 aliphatic rings. The molecule has 1 atom stereocenters. The molecule has 0 aliphatic heterocycles. The summed E-state index contributed by atoms with van der Waals surface area (Å²) in [4.78, 5) is 21.1. The molecule has 3 aromatic rings. The van der Waals surface area contributed by atoms with E-state index in [1.807, 2.05) is 25.1 Å². The predicted molar refractivity (Wildman–Crippen MR) is 78.1 cm³/mol. The van der Waals surface area contributed by atoms with Crippen LogP contribution in [0.25, 0.3) is 10.9 Å². The second-order valence-electron chi connectivity index (χ2n) is 4.95. The Morgan fingerprint density at radius 2 is 2.14 bits per heavy atom. The van der Waals surface area contributed by atoms with Gasteiger partial charge in [-0.25, -0.2) is 4.98 Å². The number of aromatic nitrogens is 4. The molecule has 0 saturated heterocycles. The summed E-state index contributed by atoms with van der Waals surface area (Å²) >= 11 is 0. The quantitative estimate of drug-likeness (QED) is 0.735. The second kappa shape index (κ2) is 5.47. The van der Waals surface area contributed by atoms with Crippen LogP contribution in [0.15, 0.2) is 39.9 Å². The summed E-state index contributed by atoms with van der Waals surface area (Å²) in [6.45, 7) is 3.90. The average molecular weight is 284 g/mol. The highest BCUT2D eigenvalue weighted by Crippen LogP contribution is 2.15. The van der Waals surface area contributed by atoms with E-state index in [9.17, 15) is 4.79 Å². The summed E-state index contributed by atoms with van der Waals surface area (Å²) in [6.07, 6.45) is 3.24. The summed E-state index contributed by atoms with van der Waals surface area (Å²) in [5.74, 6) is 1.10. The van der Waals surface area contributed by atoms with E-state index in [4.69, 9.17) is 4.52 Å². The molecule has 0 spiro atoms. The Hall–Kier alpha value is -2.50. The van der Waals surface area contributed by atoms with E-state index < -0.39 is 0 Å². The van der Waals surface area contributed by atoms with Crippen LogP contribution in [0.1, 0.15) is 38.0 Å². The van der Waals surface area contributed by atoms with Crippen LogP contribution in [0, 0.1) is 0 Å². The topological polar surface area (TPSA) is 73.8 Å². The minimum atomic E-state index is -0.340. The number of aryl methyl sites for hydroxylation is 1. The van der Waals surface area contributed by atoms with Gasteiger partial charge in [0, 0.05) is 6.42 Å². The molecular formula is C15H16N4O2. The highest BCUT2D eigenvalue weighted by atomic mass is 16.5. The molecule has 108 valence electrons. The number of fused-ring (bicyclic) bond motifs is 1. The van der Waals surface area contributed by atoms with Crippen molar-refractivity contribution in [1.82, 2.24) is 19.7 Å². The number of para-hydroxylation sites is 1. The van der Waals surface area contributed by atoms with Gasteiger partial charge in [-0.15, -0.1) is 0 Å². The zero-order valence-corrected chi connectivity index (χ0v) is 12.0. The fourth-order valence-electron chi connectivity index (χ4n) is 2.24. The van der Waals surface area contributed by atoms with Crippen LogP contribution in [0.5, 0.6) is 0 Å². The standard InChI is InChI=1S/C15H16N4O2/c1-3-6-13-17-14(21-18-13)10(2)19-9-16-12-8-5-4-7-11(12)15(19)20/h4-5,7-10H,3,6H2,1-2H3/t10-/m0/s1. The molecule has 6 heteroatoms. The van der Waals surface area contributed by atoms with Crippen molar-refractivity contribution in [3.8, 4) is 0 Å². The van der Waals surface area contributed by atoms with Crippen molar-refractivity contribution in [3.05, 3.63) is 52.7 Å². The molecule has 0 unspecified atom stereocenters. The molecule has 2 aromatic heterocycles. The van der Waals surface area contributed by atoms with Gasteiger partial charge in [-0.1, -0.05) is 24.2 Å². The van der Waals surface area contributed by atoms with Gasteiger partial charge in [0.1, 0.15) is 6.04 Å². The van der Waals surface area contributed by atoms with E-state index in [-0.39, 0.29) is 11.6 Å². The van der Waals surface area contributed by atoms with E-state index in [1.165, 1.54) is 10.9 Å². The van der Waals surface area contributed by atoms with E-state index in [0.717, 1.165) is 12.8 Å². The van der Waals surface area contributed by atoms with Crippen molar-refractivity contribution in [2.45, 2.75) is 32.7 Å². The zero-order chi connectivity index (χ0) is 14.8. The third-order valence-corrected chi connectivity index (χ3v) is 3.42. The molecular weight excluding hydrogens is 268 g/mol. The number of nitrogens with zero attached hydrogens (tertiary/aromatic N) is 4. The average Bonchev–Trinajstić information content (AvgIpc) is 2.96. The Balaban J connectivity index is 2.02. The Morgan fingerprint density at radius 3 is 2.95 bits per heavy atom. The number of hydrogen-bond acceptors (Lipinski definition) is 5. The van der Waals surface area contributed by atoms with Gasteiger partial charge >= 0.3 is 0 Å². The lowest BCUT2D eigenvalue weighted by Crippen LogP contribution is -2.24. The first-order chi connectivity index (χ1) is 10.2. The van der Waals surface area contributed by atoms with Gasteiger partial charge in [-0.3, -0.25) is 9.36 Å². The predicted octanol–water partition coefficient (Wildman–Crippen LogP) is 2.34. The van der Waals surface area contributed by atoms with Gasteiger partial charge in [-0.05, 0) is 25.5 Å². The van der Waals surface area contributed by atoms with Gasteiger partial charge in [0.25, 0.3) is 5.56 Å². The first-order valence-corrected chi connectivity index (χ1v) is 6.99. The lowest BCUT2D eigenvalue weighted by atomic mass is 10.2. The molecule has 1 aromatic carbocycles. The second-order valence-corrected chi connectivity index (χ2v) is 4.95. The summed E-state index contributed by atoms with van der Waals surface area (Å²) in [5.41, 5.74) is 0.575. The minimum absolute atomic E-state index is 0.108. The molecule has 0 fully saturated rings. The van der Waals surface area contributed by atoms with Gasteiger partial charge in [-0.2, -0.15) is 4.98 Å². The van der Waals surface area contributed by atoms with E-state index in [1.54, 1.807) is 6.07 Å². The molecule has 0 N–H and O–H groups in total. The lowest BCUT2D eigenvalue weighted by molar-refractivity contribution is 0.339. The minimum Gasteiger partial charge on any atom is -0.337 e. The summed E-state index contributed by atoms with van der Waals surface area (Å²) in [6, 6.07) is 6.93. The molecule has 21 heavy (non-hydrogen) atoms. The SMILES string of the molecule is CCCc1noc([C@H](C)n2cnc3ccccc3c2=O)n1. The molecule has 0 amide bonds. The first-order valence-electron chi connectivity index (χ1n) is 6.99. The maximum Gasteiger partial charge on any atom is 0.261 e. The van der Waals surface area contributed by atoms with Crippen LogP contribution in [0.2, 0.25) is 0 Å². The molecule has 0 radical (unpaired) electrons. The van der Waals surface area contributed by atoms with Crippen LogP contribution in [0.4, 0.5) is 0 Å². The molecule has 0 saturated carbocycles. The van der Waals surface area contributed by atoms with Crippen molar-refractivity contribution in [3.63, 3.8) is 0 Å². The van der Waals surface area contributed by atoms with Crippen LogP contribution >= 0.6 is 0 Å². The number of rotatable bonds is 4. The van der Waals surface area contributed by atoms with Crippen LogP contribution in [-0.4, -0.2) is 19.7 Å². The van der Waals surface area contributed by atoms with Crippen LogP contribution in [-0.2, 0) is 6.42 Å². The maximum atomic E-state index is 12.5. The van der Waals surface area contributed by atoms with Gasteiger partial charge < -0.3 is 4.52 Å². The van der Waals surface area contributed by atoms with Crippen LogP contribution in [0.3, 0.4) is 0 Å². The van der Waals surface area contributed by atoms with Crippen molar-refractivity contribution >= 4 is 10.9 Å². The maximum absolute atomic E-state index is 12.5. The monoisotopic (exact) mass is 284 g/mol. The fraction of sp³-hybridized carbons (Fsp3) is 0.333. The van der Waals surface area contributed by atoms with Crippen molar-refractivity contribution in [2.75, 3.05) is 0 Å². The van der Waals surface area contributed by atoms with Crippen molar-refractivity contribution < 1.29 is 4.52 Å². The Labute approximate surface area is 121 Å². The van der Waals surface area contributed by atoms with Gasteiger partial charge in [0.05, 0.1) is 17.2 Å². The zero-order valence-electron chi connectivity index (χ0n) is 12.0.